The van der Waals surface area contributed by atoms with E-state index in [-0.39, 0.29) is 23.8 Å². The molecular weight excluding hydrogens is 256 g/mol. The first-order valence-electron chi connectivity index (χ1n) is 7.16. The molecule has 1 heterocycles. The Bertz CT molecular complexity index is 481. The Hall–Kier alpha value is -1.78. The summed E-state index contributed by atoms with van der Waals surface area (Å²) in [5.41, 5.74) is 1.48. The van der Waals surface area contributed by atoms with Crippen LogP contribution in [-0.2, 0) is 9.53 Å². The van der Waals surface area contributed by atoms with Crippen molar-refractivity contribution >= 4 is 11.9 Å². The van der Waals surface area contributed by atoms with Crippen molar-refractivity contribution in [2.45, 2.75) is 45.1 Å². The maximum atomic E-state index is 12.3. The summed E-state index contributed by atoms with van der Waals surface area (Å²) >= 11 is 0. The molecule has 1 aromatic heterocycles. The number of amides is 1. The highest BCUT2D eigenvalue weighted by molar-refractivity contribution is 5.95. The van der Waals surface area contributed by atoms with Gasteiger partial charge in [-0.2, -0.15) is 0 Å². The van der Waals surface area contributed by atoms with Gasteiger partial charge in [0.25, 0.3) is 5.91 Å². The van der Waals surface area contributed by atoms with E-state index in [1.807, 2.05) is 6.92 Å². The number of rotatable bonds is 3. The molecule has 0 unspecified atom stereocenters. The Balaban J connectivity index is 2.09. The maximum absolute atomic E-state index is 12.3. The van der Waals surface area contributed by atoms with Gasteiger partial charge in [-0.25, -0.2) is 0 Å². The molecule has 1 aliphatic rings. The highest BCUT2D eigenvalue weighted by Gasteiger charge is 2.31. The molecule has 0 bridgehead atoms. The van der Waals surface area contributed by atoms with Crippen molar-refractivity contribution in [1.82, 2.24) is 10.3 Å². The van der Waals surface area contributed by atoms with Gasteiger partial charge in [0.2, 0.25) is 0 Å². The van der Waals surface area contributed by atoms with Crippen LogP contribution in [0.25, 0.3) is 0 Å². The predicted octanol–water partition coefficient (Wildman–Crippen LogP) is 2.17. The van der Waals surface area contributed by atoms with Crippen LogP contribution < -0.4 is 5.32 Å². The van der Waals surface area contributed by atoms with Crippen molar-refractivity contribution < 1.29 is 14.3 Å². The average molecular weight is 278 g/mol. The molecule has 0 radical (unpaired) electrons. The lowest BCUT2D eigenvalue weighted by molar-refractivity contribution is -0.146. The number of hydrogen-bond acceptors (Lipinski definition) is 3. The molecule has 0 aromatic carbocycles. The van der Waals surface area contributed by atoms with Crippen molar-refractivity contribution in [3.63, 3.8) is 0 Å². The van der Waals surface area contributed by atoms with Crippen LogP contribution in [0.3, 0.4) is 0 Å². The molecule has 2 N–H and O–H groups in total. The number of aromatic nitrogens is 1. The Kier molecular flexibility index (Phi) is 4.82. The lowest BCUT2D eigenvalue weighted by atomic mass is 9.94. The summed E-state index contributed by atoms with van der Waals surface area (Å²) in [6.07, 6.45) is 6.50. The number of carbonyl (C=O) groups is 2. The highest BCUT2D eigenvalue weighted by Crippen LogP contribution is 2.25. The van der Waals surface area contributed by atoms with Crippen LogP contribution in [0.4, 0.5) is 0 Å². The monoisotopic (exact) mass is 278 g/mol. The average Bonchev–Trinajstić information content (AvgIpc) is 2.74. The summed E-state index contributed by atoms with van der Waals surface area (Å²) in [7, 11) is 1.41. The van der Waals surface area contributed by atoms with Crippen LogP contribution in [0.2, 0.25) is 0 Å². The van der Waals surface area contributed by atoms with Crippen molar-refractivity contribution in [2.24, 2.45) is 5.92 Å². The summed E-state index contributed by atoms with van der Waals surface area (Å²) in [6.45, 7) is 1.86. The molecule has 1 aliphatic carbocycles. The molecule has 0 aliphatic heterocycles. The van der Waals surface area contributed by atoms with Gasteiger partial charge in [-0.15, -0.1) is 0 Å². The molecule has 1 aromatic rings. The second-order valence-corrected chi connectivity index (χ2v) is 5.36. The van der Waals surface area contributed by atoms with E-state index in [0.29, 0.717) is 5.56 Å². The van der Waals surface area contributed by atoms with Crippen molar-refractivity contribution in [1.29, 1.82) is 0 Å². The minimum absolute atomic E-state index is 0.121. The third-order valence-corrected chi connectivity index (χ3v) is 4.03. The molecule has 0 saturated heterocycles. The van der Waals surface area contributed by atoms with Crippen molar-refractivity contribution in [2.75, 3.05) is 7.11 Å². The van der Waals surface area contributed by atoms with E-state index in [1.165, 1.54) is 7.11 Å². The number of ether oxygens (including phenoxy) is 1. The molecule has 1 fully saturated rings. The molecule has 1 saturated carbocycles. The summed E-state index contributed by atoms with van der Waals surface area (Å²) in [5, 5.41) is 3.01. The van der Waals surface area contributed by atoms with Crippen LogP contribution in [0.15, 0.2) is 12.3 Å². The fourth-order valence-corrected chi connectivity index (χ4v) is 2.86. The Morgan fingerprint density at radius 1 is 1.30 bits per heavy atom. The summed E-state index contributed by atoms with van der Waals surface area (Å²) in [6, 6.07) is 1.63. The van der Waals surface area contributed by atoms with Gasteiger partial charge in [-0.1, -0.05) is 19.3 Å². The summed E-state index contributed by atoms with van der Waals surface area (Å²) < 4.78 is 4.88. The molecule has 1 amide bonds. The number of carbonyl (C=O) groups excluding carboxylic acids is 2. The molecule has 110 valence electrons. The quantitative estimate of drug-likeness (QED) is 0.657. The Labute approximate surface area is 119 Å². The van der Waals surface area contributed by atoms with Gasteiger partial charge in [0, 0.05) is 17.9 Å². The van der Waals surface area contributed by atoms with E-state index in [0.717, 1.165) is 37.8 Å². The van der Waals surface area contributed by atoms with Crippen LogP contribution >= 0.6 is 0 Å². The fourth-order valence-electron chi connectivity index (χ4n) is 2.86. The summed E-state index contributed by atoms with van der Waals surface area (Å²) in [5.74, 6) is -0.571. The van der Waals surface area contributed by atoms with E-state index in [4.69, 9.17) is 4.74 Å². The van der Waals surface area contributed by atoms with Gasteiger partial charge in [0.1, 0.15) is 0 Å². The number of methoxy groups -OCH3 is 1. The lowest BCUT2D eigenvalue weighted by Crippen LogP contribution is -2.43. The number of esters is 1. The zero-order valence-corrected chi connectivity index (χ0v) is 12.1. The van der Waals surface area contributed by atoms with Crippen LogP contribution in [0.5, 0.6) is 0 Å². The molecule has 2 rings (SSSR count). The van der Waals surface area contributed by atoms with Crippen LogP contribution in [0.1, 0.15) is 48.2 Å². The number of nitrogens with one attached hydrogen (secondary N) is 2. The van der Waals surface area contributed by atoms with Crippen molar-refractivity contribution in [3.8, 4) is 0 Å². The zero-order valence-electron chi connectivity index (χ0n) is 12.1. The largest absolute Gasteiger partial charge is 0.469 e. The van der Waals surface area contributed by atoms with Gasteiger partial charge in [-0.05, 0) is 25.8 Å². The van der Waals surface area contributed by atoms with Crippen molar-refractivity contribution in [3.05, 3.63) is 23.5 Å². The number of aryl methyl sites for hydroxylation is 1. The van der Waals surface area contributed by atoms with E-state index in [1.54, 1.807) is 12.3 Å². The molecule has 0 spiro atoms. The van der Waals surface area contributed by atoms with E-state index in [9.17, 15) is 9.59 Å². The van der Waals surface area contributed by atoms with Gasteiger partial charge in [0.05, 0.1) is 18.6 Å². The normalized spacial score (nSPS) is 22.9. The van der Waals surface area contributed by atoms with Gasteiger partial charge in [-0.3, -0.25) is 9.59 Å². The van der Waals surface area contributed by atoms with Gasteiger partial charge < -0.3 is 15.0 Å². The maximum Gasteiger partial charge on any atom is 0.310 e. The van der Waals surface area contributed by atoms with Gasteiger partial charge >= 0.3 is 5.97 Å². The van der Waals surface area contributed by atoms with Gasteiger partial charge in [0.15, 0.2) is 0 Å². The topological polar surface area (TPSA) is 71.2 Å². The molecule has 2 atom stereocenters. The lowest BCUT2D eigenvalue weighted by Gasteiger charge is -2.24. The van der Waals surface area contributed by atoms with E-state index in [2.05, 4.69) is 10.3 Å². The minimum Gasteiger partial charge on any atom is -0.469 e. The number of aromatic amines is 1. The third-order valence-electron chi connectivity index (χ3n) is 4.03. The minimum atomic E-state index is -0.231. The molecule has 5 heteroatoms. The molecule has 5 nitrogen and oxygen atoms in total. The first-order chi connectivity index (χ1) is 9.63. The number of H-pyrrole nitrogens is 1. The second-order valence-electron chi connectivity index (χ2n) is 5.36. The zero-order chi connectivity index (χ0) is 14.5. The molecular formula is C15H22N2O3. The summed E-state index contributed by atoms with van der Waals surface area (Å²) in [4.78, 5) is 27.2. The fraction of sp³-hybridized carbons (Fsp3) is 0.600. The third kappa shape index (κ3) is 3.21. The second kappa shape index (κ2) is 6.59. The van der Waals surface area contributed by atoms with Crippen LogP contribution in [0, 0.1) is 12.8 Å². The Morgan fingerprint density at radius 2 is 2.05 bits per heavy atom. The SMILES string of the molecule is COC(=O)[C@H]1CCCCC[C@@H]1NC(=O)c1cc[nH]c1C. The van der Waals surface area contributed by atoms with E-state index < -0.39 is 0 Å². The highest BCUT2D eigenvalue weighted by atomic mass is 16.5. The van der Waals surface area contributed by atoms with Crippen LogP contribution in [-0.4, -0.2) is 30.0 Å². The molecule has 20 heavy (non-hydrogen) atoms. The Morgan fingerprint density at radius 3 is 2.70 bits per heavy atom. The first kappa shape index (κ1) is 14.6. The number of hydrogen-bond donors (Lipinski definition) is 2. The smallest absolute Gasteiger partial charge is 0.310 e. The standard InChI is InChI=1S/C15H22N2O3/c1-10-11(8-9-16-10)14(18)17-13-7-5-3-4-6-12(13)15(19)20-2/h8-9,12-13,16H,3-7H2,1-2H3,(H,17,18)/t12-,13-/m0/s1. The van der Waals surface area contributed by atoms with E-state index >= 15 is 0 Å². The first-order valence-corrected chi connectivity index (χ1v) is 7.16. The predicted molar refractivity (Wildman–Crippen MR) is 75.4 cm³/mol.